The van der Waals surface area contributed by atoms with Gasteiger partial charge in [-0.3, -0.25) is 9.05 Å². The summed E-state index contributed by atoms with van der Waals surface area (Å²) in [6.45, 7) is 1.97. The van der Waals surface area contributed by atoms with Crippen LogP contribution in [0.1, 0.15) is 117 Å². The monoisotopic (exact) mass is 396 g/mol. The van der Waals surface area contributed by atoms with Gasteiger partial charge in [0.1, 0.15) is 0 Å². The zero-order valence-electron chi connectivity index (χ0n) is 16.8. The molecule has 0 radical (unpaired) electrons. The minimum Gasteiger partial charge on any atom is -0.297 e. The first kappa shape index (κ1) is 25.4. The van der Waals surface area contributed by atoms with Crippen molar-refractivity contribution in [1.82, 2.24) is 0 Å². The van der Waals surface area contributed by atoms with Gasteiger partial charge in [0.05, 0.1) is 13.2 Å². The van der Waals surface area contributed by atoms with Crippen molar-refractivity contribution in [3.8, 4) is 0 Å². The molecule has 25 heavy (non-hydrogen) atoms. The van der Waals surface area contributed by atoms with Crippen molar-refractivity contribution >= 4 is 18.2 Å². The van der Waals surface area contributed by atoms with Crippen LogP contribution in [0.3, 0.4) is 0 Å². The molecule has 5 heteroatoms. The molecule has 0 bridgehead atoms. The van der Waals surface area contributed by atoms with E-state index in [1.165, 1.54) is 77.0 Å². The van der Waals surface area contributed by atoms with E-state index in [0.717, 1.165) is 25.7 Å². The molecule has 0 aliphatic heterocycles. The second-order valence-corrected chi connectivity index (χ2v) is 9.67. The van der Waals surface area contributed by atoms with Crippen LogP contribution in [0.25, 0.3) is 0 Å². The molecular weight excluding hydrogens is 355 g/mol. The van der Waals surface area contributed by atoms with Crippen LogP contribution < -0.4 is 0 Å². The average molecular weight is 397 g/mol. The van der Waals surface area contributed by atoms with Gasteiger partial charge in [-0.1, -0.05) is 104 Å². The van der Waals surface area contributed by atoms with Crippen molar-refractivity contribution in [3.05, 3.63) is 0 Å². The third kappa shape index (κ3) is 20.6. The summed E-state index contributed by atoms with van der Waals surface area (Å²) >= 11 is 5.83. The molecular formula is C20H42ClO3P. The third-order valence-electron chi connectivity index (χ3n) is 4.49. The molecule has 0 N–H and O–H groups in total. The van der Waals surface area contributed by atoms with E-state index >= 15 is 0 Å². The van der Waals surface area contributed by atoms with Gasteiger partial charge in [0.15, 0.2) is 0 Å². The highest BCUT2D eigenvalue weighted by molar-refractivity contribution is 7.81. The fourth-order valence-electron chi connectivity index (χ4n) is 2.86. The second kappa shape index (κ2) is 19.2. The topological polar surface area (TPSA) is 35.5 Å². The van der Waals surface area contributed by atoms with Crippen LogP contribution in [0, 0.1) is 0 Å². The summed E-state index contributed by atoms with van der Waals surface area (Å²) in [6.07, 6.45) is 19.7. The summed E-state index contributed by atoms with van der Waals surface area (Å²) in [6, 6.07) is 0. The summed E-state index contributed by atoms with van der Waals surface area (Å²) in [5.74, 6) is 0. The van der Waals surface area contributed by atoms with E-state index in [2.05, 4.69) is 13.8 Å². The number of hydrogen-bond donors (Lipinski definition) is 0. The molecule has 0 saturated heterocycles. The fourth-order valence-corrected chi connectivity index (χ4v) is 4.04. The largest absolute Gasteiger partial charge is 0.424 e. The van der Waals surface area contributed by atoms with Crippen LogP contribution in [-0.2, 0) is 13.6 Å². The second-order valence-electron chi connectivity index (χ2n) is 7.05. The maximum Gasteiger partial charge on any atom is 0.424 e. The Hall–Kier alpha value is 0.440. The van der Waals surface area contributed by atoms with E-state index in [9.17, 15) is 4.57 Å². The lowest BCUT2D eigenvalue weighted by molar-refractivity contribution is 0.211. The summed E-state index contributed by atoms with van der Waals surface area (Å²) in [7, 11) is 0. The first-order valence-electron chi connectivity index (χ1n) is 10.7. The van der Waals surface area contributed by atoms with Crippen molar-refractivity contribution in [2.75, 3.05) is 13.2 Å². The molecule has 0 aromatic rings. The van der Waals surface area contributed by atoms with Crippen LogP contribution in [0.5, 0.6) is 0 Å². The van der Waals surface area contributed by atoms with Crippen molar-refractivity contribution < 1.29 is 13.6 Å². The number of halogens is 1. The normalized spacial score (nSPS) is 13.9. The molecule has 0 amide bonds. The van der Waals surface area contributed by atoms with E-state index in [1.54, 1.807) is 0 Å². The SMILES string of the molecule is CCCCCCCCCCCCOP(=O)(Cl)OCCCCCCCC. The molecule has 0 aliphatic carbocycles. The van der Waals surface area contributed by atoms with Crippen molar-refractivity contribution in [1.29, 1.82) is 0 Å². The van der Waals surface area contributed by atoms with E-state index in [0.29, 0.717) is 13.2 Å². The number of rotatable bonds is 20. The van der Waals surface area contributed by atoms with Gasteiger partial charge in [0, 0.05) is 11.2 Å². The zero-order valence-corrected chi connectivity index (χ0v) is 18.4. The predicted octanol–water partition coefficient (Wildman–Crippen LogP) is 8.65. The summed E-state index contributed by atoms with van der Waals surface area (Å²) < 4.78 is 22.4. The van der Waals surface area contributed by atoms with Gasteiger partial charge in [-0.2, -0.15) is 0 Å². The standard InChI is InChI=1S/C20H42ClO3P/c1-3-5-7-9-11-12-13-14-16-18-20-24-25(21,22)23-19-17-15-10-8-6-4-2/h3-20H2,1-2H3. The van der Waals surface area contributed by atoms with Crippen LogP contribution in [0.2, 0.25) is 0 Å². The Morgan fingerprint density at radius 2 is 0.840 bits per heavy atom. The maximum absolute atomic E-state index is 11.9. The summed E-state index contributed by atoms with van der Waals surface area (Å²) in [5, 5.41) is 0. The van der Waals surface area contributed by atoms with Gasteiger partial charge in [-0.05, 0) is 12.8 Å². The molecule has 0 saturated carbocycles. The van der Waals surface area contributed by atoms with Crippen LogP contribution in [0.15, 0.2) is 0 Å². The van der Waals surface area contributed by atoms with Crippen LogP contribution in [-0.4, -0.2) is 13.2 Å². The van der Waals surface area contributed by atoms with Crippen LogP contribution in [0.4, 0.5) is 0 Å². The smallest absolute Gasteiger partial charge is 0.297 e. The highest BCUT2D eigenvalue weighted by Crippen LogP contribution is 2.53. The van der Waals surface area contributed by atoms with Gasteiger partial charge in [-0.25, -0.2) is 4.57 Å². The Morgan fingerprint density at radius 3 is 1.16 bits per heavy atom. The summed E-state index contributed by atoms with van der Waals surface area (Å²) in [4.78, 5) is 0. The van der Waals surface area contributed by atoms with Gasteiger partial charge in [0.25, 0.3) is 0 Å². The van der Waals surface area contributed by atoms with E-state index < -0.39 is 6.95 Å². The lowest BCUT2D eigenvalue weighted by Crippen LogP contribution is -1.96. The Balaban J connectivity index is 3.32. The molecule has 1 unspecified atom stereocenters. The average Bonchev–Trinajstić information content (AvgIpc) is 2.59. The highest BCUT2D eigenvalue weighted by atomic mass is 35.7. The van der Waals surface area contributed by atoms with Crippen molar-refractivity contribution in [2.24, 2.45) is 0 Å². The molecule has 0 aromatic heterocycles. The van der Waals surface area contributed by atoms with Crippen LogP contribution >= 0.6 is 18.2 Å². The number of unbranched alkanes of at least 4 members (excludes halogenated alkanes) is 14. The minimum absolute atomic E-state index is 0.435. The molecule has 0 spiro atoms. The quantitative estimate of drug-likeness (QED) is 0.152. The van der Waals surface area contributed by atoms with Crippen molar-refractivity contribution in [2.45, 2.75) is 117 Å². The van der Waals surface area contributed by atoms with Gasteiger partial charge in [0.2, 0.25) is 0 Å². The van der Waals surface area contributed by atoms with Gasteiger partial charge in [-0.15, -0.1) is 0 Å². The number of hydrogen-bond acceptors (Lipinski definition) is 3. The lowest BCUT2D eigenvalue weighted by Gasteiger charge is -2.11. The van der Waals surface area contributed by atoms with E-state index in [1.807, 2.05) is 0 Å². The van der Waals surface area contributed by atoms with E-state index in [4.69, 9.17) is 20.3 Å². The minimum atomic E-state index is -3.36. The Morgan fingerprint density at radius 1 is 0.560 bits per heavy atom. The van der Waals surface area contributed by atoms with E-state index in [-0.39, 0.29) is 0 Å². The fraction of sp³-hybridized carbons (Fsp3) is 1.00. The molecule has 1 atom stereocenters. The maximum atomic E-state index is 11.9. The molecule has 0 heterocycles. The zero-order chi connectivity index (χ0) is 18.6. The Kier molecular flexibility index (Phi) is 19.5. The molecule has 0 fully saturated rings. The summed E-state index contributed by atoms with van der Waals surface area (Å²) in [5.41, 5.74) is 0. The first-order valence-corrected chi connectivity index (χ1v) is 13.2. The molecule has 0 aromatic carbocycles. The highest BCUT2D eigenvalue weighted by Gasteiger charge is 2.19. The predicted molar refractivity (Wildman–Crippen MR) is 111 cm³/mol. The van der Waals surface area contributed by atoms with Gasteiger partial charge >= 0.3 is 6.95 Å². The Bertz CT molecular complexity index is 313. The molecule has 3 nitrogen and oxygen atoms in total. The third-order valence-corrected chi connectivity index (χ3v) is 6.05. The molecule has 0 rings (SSSR count). The molecule has 0 aliphatic rings. The van der Waals surface area contributed by atoms with Crippen molar-refractivity contribution in [3.63, 3.8) is 0 Å². The Labute approximate surface area is 161 Å². The first-order chi connectivity index (χ1) is 12.1. The molecule has 152 valence electrons. The van der Waals surface area contributed by atoms with Gasteiger partial charge < -0.3 is 0 Å². The lowest BCUT2D eigenvalue weighted by atomic mass is 10.1.